The monoisotopic (exact) mass is 406 g/mol. The van der Waals surface area contributed by atoms with Crippen LogP contribution in [0.5, 0.6) is 5.75 Å². The first kappa shape index (κ1) is 18.7. The first-order chi connectivity index (χ1) is 14.6. The third kappa shape index (κ3) is 3.10. The quantitative estimate of drug-likeness (QED) is 0.400. The van der Waals surface area contributed by atoms with Crippen LogP contribution in [0.3, 0.4) is 0 Å². The Labute approximate surface area is 172 Å². The van der Waals surface area contributed by atoms with E-state index < -0.39 is 17.5 Å². The van der Waals surface area contributed by atoms with Crippen LogP contribution in [-0.2, 0) is 9.59 Å². The Balaban J connectivity index is 1.26. The smallest absolute Gasteiger partial charge is 0.325 e. The minimum Gasteiger partial charge on any atom is -0.456 e. The van der Waals surface area contributed by atoms with E-state index in [9.17, 15) is 14.4 Å². The number of benzene rings is 2. The van der Waals surface area contributed by atoms with Crippen molar-refractivity contribution in [1.29, 1.82) is 0 Å². The van der Waals surface area contributed by atoms with Gasteiger partial charge in [-0.1, -0.05) is 37.5 Å². The Hall–Kier alpha value is -3.35. The van der Waals surface area contributed by atoms with Gasteiger partial charge in [0.25, 0.3) is 5.91 Å². The molecule has 7 heteroatoms. The Morgan fingerprint density at radius 1 is 1.03 bits per heavy atom. The normalized spacial score (nSPS) is 18.3. The molecule has 0 radical (unpaired) electrons. The zero-order valence-electron chi connectivity index (χ0n) is 16.5. The maximum absolute atomic E-state index is 12.8. The molecule has 0 unspecified atom stereocenters. The van der Waals surface area contributed by atoms with E-state index >= 15 is 0 Å². The molecular formula is C23H22N2O5. The maximum Gasteiger partial charge on any atom is 0.325 e. The van der Waals surface area contributed by atoms with Crippen LogP contribution >= 0.6 is 0 Å². The van der Waals surface area contributed by atoms with Gasteiger partial charge in [-0.15, -0.1) is 0 Å². The second-order valence-corrected chi connectivity index (χ2v) is 8.01. The summed E-state index contributed by atoms with van der Waals surface area (Å²) < 4.78 is 11.2. The SMILES string of the molecule is O=C(CCN1C(=O)NC2(CCCCC2)C1=O)Oc1ccc2oc3ccccc3c2c1. The highest BCUT2D eigenvalue weighted by atomic mass is 16.5. The zero-order valence-corrected chi connectivity index (χ0v) is 16.5. The van der Waals surface area contributed by atoms with E-state index in [1.54, 1.807) is 18.2 Å². The van der Waals surface area contributed by atoms with Crippen molar-refractivity contribution in [3.05, 3.63) is 42.5 Å². The van der Waals surface area contributed by atoms with Gasteiger partial charge in [-0.3, -0.25) is 14.5 Å². The van der Waals surface area contributed by atoms with Gasteiger partial charge in [0, 0.05) is 17.3 Å². The van der Waals surface area contributed by atoms with Gasteiger partial charge >= 0.3 is 12.0 Å². The molecule has 1 saturated carbocycles. The number of para-hydroxylation sites is 1. The first-order valence-electron chi connectivity index (χ1n) is 10.3. The molecule has 3 amide bonds. The van der Waals surface area contributed by atoms with Crippen LogP contribution in [0.2, 0.25) is 0 Å². The molecule has 7 nitrogen and oxygen atoms in total. The number of hydrogen-bond acceptors (Lipinski definition) is 5. The van der Waals surface area contributed by atoms with E-state index in [1.165, 1.54) is 0 Å². The molecule has 1 aliphatic carbocycles. The van der Waals surface area contributed by atoms with Gasteiger partial charge in [-0.25, -0.2) is 4.79 Å². The number of nitrogens with zero attached hydrogens (tertiary/aromatic N) is 1. The van der Waals surface area contributed by atoms with Crippen LogP contribution in [0.4, 0.5) is 4.79 Å². The molecule has 1 spiro atoms. The van der Waals surface area contributed by atoms with E-state index in [4.69, 9.17) is 9.15 Å². The first-order valence-corrected chi connectivity index (χ1v) is 10.3. The summed E-state index contributed by atoms with van der Waals surface area (Å²) in [5.41, 5.74) is 0.714. The number of imide groups is 1. The van der Waals surface area contributed by atoms with Crippen LogP contribution in [0.25, 0.3) is 21.9 Å². The van der Waals surface area contributed by atoms with Crippen molar-refractivity contribution in [3.63, 3.8) is 0 Å². The Kier molecular flexibility index (Phi) is 4.46. The number of carbonyl (C=O) groups excluding carboxylic acids is 3. The van der Waals surface area contributed by atoms with E-state index in [1.807, 2.05) is 24.3 Å². The van der Waals surface area contributed by atoms with E-state index in [2.05, 4.69) is 5.32 Å². The predicted octanol–water partition coefficient (Wildman–Crippen LogP) is 4.14. The minimum absolute atomic E-state index is 0.0160. The Morgan fingerprint density at radius 2 is 1.80 bits per heavy atom. The van der Waals surface area contributed by atoms with Crippen molar-refractivity contribution in [3.8, 4) is 5.75 Å². The molecule has 154 valence electrons. The summed E-state index contributed by atoms with van der Waals surface area (Å²) in [5, 5.41) is 4.66. The molecular weight excluding hydrogens is 384 g/mol. The van der Waals surface area contributed by atoms with Gasteiger partial charge in [-0.2, -0.15) is 0 Å². The van der Waals surface area contributed by atoms with Crippen molar-refractivity contribution in [1.82, 2.24) is 10.2 Å². The molecule has 0 bridgehead atoms. The highest BCUT2D eigenvalue weighted by Gasteiger charge is 2.51. The fourth-order valence-corrected chi connectivity index (χ4v) is 4.53. The van der Waals surface area contributed by atoms with Crippen LogP contribution in [-0.4, -0.2) is 34.9 Å². The van der Waals surface area contributed by atoms with Crippen LogP contribution in [0.15, 0.2) is 46.9 Å². The van der Waals surface area contributed by atoms with Gasteiger partial charge in [0.2, 0.25) is 0 Å². The summed E-state index contributed by atoms with van der Waals surface area (Å²) in [7, 11) is 0. The molecule has 2 heterocycles. The van der Waals surface area contributed by atoms with Crippen molar-refractivity contribution in [2.75, 3.05) is 6.54 Å². The molecule has 3 aromatic rings. The highest BCUT2D eigenvalue weighted by Crippen LogP contribution is 2.34. The minimum atomic E-state index is -0.771. The molecule has 5 rings (SSSR count). The highest BCUT2D eigenvalue weighted by molar-refractivity contribution is 6.07. The fourth-order valence-electron chi connectivity index (χ4n) is 4.53. The van der Waals surface area contributed by atoms with Gasteiger partial charge in [-0.05, 0) is 37.1 Å². The predicted molar refractivity (Wildman–Crippen MR) is 110 cm³/mol. The van der Waals surface area contributed by atoms with Crippen LogP contribution in [0.1, 0.15) is 38.5 Å². The number of ether oxygens (including phenoxy) is 1. The van der Waals surface area contributed by atoms with Crippen molar-refractivity contribution in [2.45, 2.75) is 44.1 Å². The summed E-state index contributed by atoms with van der Waals surface area (Å²) in [6.07, 6.45) is 4.20. The molecule has 30 heavy (non-hydrogen) atoms. The van der Waals surface area contributed by atoms with Crippen LogP contribution in [0, 0.1) is 0 Å². The van der Waals surface area contributed by atoms with Crippen molar-refractivity contribution < 1.29 is 23.5 Å². The zero-order chi connectivity index (χ0) is 20.7. The number of urea groups is 1. The second kappa shape index (κ2) is 7.16. The summed E-state index contributed by atoms with van der Waals surface area (Å²) in [4.78, 5) is 38.6. The van der Waals surface area contributed by atoms with E-state index in [0.717, 1.165) is 40.5 Å². The van der Waals surface area contributed by atoms with Gasteiger partial charge in [0.15, 0.2) is 0 Å². The lowest BCUT2D eigenvalue weighted by atomic mass is 9.82. The van der Waals surface area contributed by atoms with E-state index in [0.29, 0.717) is 24.2 Å². The Bertz CT molecular complexity index is 1160. The molecule has 2 aliphatic rings. The molecule has 2 fully saturated rings. The largest absolute Gasteiger partial charge is 0.456 e. The van der Waals surface area contributed by atoms with Crippen LogP contribution < -0.4 is 10.1 Å². The lowest BCUT2D eigenvalue weighted by Crippen LogP contribution is -2.48. The average molecular weight is 406 g/mol. The van der Waals surface area contributed by atoms with E-state index in [-0.39, 0.29) is 18.9 Å². The summed E-state index contributed by atoms with van der Waals surface area (Å²) >= 11 is 0. The number of rotatable bonds is 4. The molecule has 1 aliphatic heterocycles. The topological polar surface area (TPSA) is 88.9 Å². The van der Waals surface area contributed by atoms with Crippen molar-refractivity contribution >= 4 is 39.8 Å². The standard InChI is InChI=1S/C23H22N2O5/c26-20(10-13-25-21(27)23(24-22(25)28)11-4-1-5-12-23)29-15-8-9-19-17(14-15)16-6-2-3-7-18(16)30-19/h2-3,6-9,14H,1,4-5,10-13H2,(H,24,28). The number of carbonyl (C=O) groups is 3. The second-order valence-electron chi connectivity index (χ2n) is 8.01. The number of fused-ring (bicyclic) bond motifs is 3. The molecule has 0 atom stereocenters. The number of hydrogen-bond donors (Lipinski definition) is 1. The number of nitrogens with one attached hydrogen (secondary N) is 1. The molecule has 1 saturated heterocycles. The molecule has 1 aromatic heterocycles. The number of esters is 1. The van der Waals surface area contributed by atoms with Gasteiger partial charge in [0.05, 0.1) is 6.42 Å². The summed E-state index contributed by atoms with van der Waals surface area (Å²) in [6, 6.07) is 12.5. The average Bonchev–Trinajstić information content (AvgIpc) is 3.22. The third-order valence-electron chi connectivity index (χ3n) is 6.07. The summed E-state index contributed by atoms with van der Waals surface area (Å²) in [6.45, 7) is 0.0160. The Morgan fingerprint density at radius 3 is 2.63 bits per heavy atom. The fraction of sp³-hybridized carbons (Fsp3) is 0.348. The third-order valence-corrected chi connectivity index (χ3v) is 6.07. The maximum atomic E-state index is 12.8. The lowest BCUT2D eigenvalue weighted by Gasteiger charge is -2.30. The molecule has 2 aromatic carbocycles. The summed E-state index contributed by atoms with van der Waals surface area (Å²) in [5.74, 6) is -0.307. The number of furan rings is 1. The number of amides is 3. The van der Waals surface area contributed by atoms with Crippen molar-refractivity contribution in [2.24, 2.45) is 0 Å². The van der Waals surface area contributed by atoms with Gasteiger partial charge in [0.1, 0.15) is 22.5 Å². The van der Waals surface area contributed by atoms with Gasteiger partial charge < -0.3 is 14.5 Å². The molecule has 1 N–H and O–H groups in total. The lowest BCUT2D eigenvalue weighted by molar-refractivity contribution is -0.136.